The lowest BCUT2D eigenvalue weighted by molar-refractivity contribution is -0.141. The smallest absolute Gasteiger partial charge is 0.338 e. The van der Waals surface area contributed by atoms with Crippen molar-refractivity contribution in [2.24, 2.45) is 4.99 Å². The molecule has 2 atom stereocenters. The number of benzene rings is 1. The number of allylic oxidation sites excluding steroid dienone is 1. The van der Waals surface area contributed by atoms with E-state index in [0.29, 0.717) is 16.4 Å². The minimum atomic E-state index is -0.481. The molecule has 0 N–H and O–H groups in total. The fourth-order valence-corrected chi connectivity index (χ4v) is 5.03. The molecule has 4 rings (SSSR count). The average molecular weight is 399 g/mol. The molecule has 27 heavy (non-hydrogen) atoms. The molecule has 0 saturated carbocycles. The van der Waals surface area contributed by atoms with Gasteiger partial charge < -0.3 is 4.74 Å². The van der Waals surface area contributed by atoms with E-state index in [0.717, 1.165) is 10.4 Å². The average Bonchev–Trinajstić information content (AvgIpc) is 3.29. The third-order valence-corrected chi connectivity index (χ3v) is 6.48. The van der Waals surface area contributed by atoms with Gasteiger partial charge in [-0.3, -0.25) is 9.69 Å². The maximum Gasteiger partial charge on any atom is 0.338 e. The molecule has 3 heterocycles. The number of thiophene rings is 1. The second kappa shape index (κ2) is 7.32. The van der Waals surface area contributed by atoms with E-state index in [2.05, 4.69) is 4.99 Å². The van der Waals surface area contributed by atoms with Crippen LogP contribution in [0, 0.1) is 0 Å². The molecule has 0 bridgehead atoms. The van der Waals surface area contributed by atoms with Gasteiger partial charge in [0.2, 0.25) is 5.91 Å². The van der Waals surface area contributed by atoms with Crippen molar-refractivity contribution in [2.75, 3.05) is 0 Å². The summed E-state index contributed by atoms with van der Waals surface area (Å²) in [7, 11) is 0. The minimum Gasteiger partial charge on any atom is -0.457 e. The Hall–Kier alpha value is -2.38. The molecule has 1 amide bonds. The van der Waals surface area contributed by atoms with Crippen LogP contribution in [0.1, 0.15) is 30.3 Å². The Kier molecular flexibility index (Phi) is 4.88. The van der Waals surface area contributed by atoms with E-state index >= 15 is 0 Å². The van der Waals surface area contributed by atoms with E-state index in [1.165, 1.54) is 23.1 Å². The predicted molar refractivity (Wildman–Crippen MR) is 107 cm³/mol. The van der Waals surface area contributed by atoms with Gasteiger partial charge in [-0.1, -0.05) is 48.2 Å². The van der Waals surface area contributed by atoms with Crippen molar-refractivity contribution < 1.29 is 14.3 Å². The third-order valence-electron chi connectivity index (χ3n) is 4.50. The van der Waals surface area contributed by atoms with E-state index in [-0.39, 0.29) is 17.8 Å². The van der Waals surface area contributed by atoms with Gasteiger partial charge in [0.15, 0.2) is 5.17 Å². The summed E-state index contributed by atoms with van der Waals surface area (Å²) in [6.07, 6.45) is 0. The highest BCUT2D eigenvalue weighted by atomic mass is 32.2. The van der Waals surface area contributed by atoms with Crippen LogP contribution in [0.25, 0.3) is 0 Å². The topological polar surface area (TPSA) is 59.0 Å². The molecule has 1 fully saturated rings. The van der Waals surface area contributed by atoms with Crippen LogP contribution in [0.4, 0.5) is 0 Å². The Bertz CT molecular complexity index is 935. The SMILES string of the molecule is CC1=C(C(=O)OCc2ccccc2)C(c2cccs2)N2C(=O)C(C)SC2=N1. The highest BCUT2D eigenvalue weighted by Crippen LogP contribution is 2.44. The quantitative estimate of drug-likeness (QED) is 0.727. The van der Waals surface area contributed by atoms with E-state index in [9.17, 15) is 9.59 Å². The number of nitrogens with zero attached hydrogens (tertiary/aromatic N) is 2. The van der Waals surface area contributed by atoms with Crippen LogP contribution in [0.2, 0.25) is 0 Å². The van der Waals surface area contributed by atoms with Gasteiger partial charge in [-0.2, -0.15) is 0 Å². The standard InChI is InChI=1S/C20H18N2O3S2/c1-12-16(19(24)25-11-14-7-4-3-5-8-14)17(15-9-6-10-26-15)22-18(23)13(2)27-20(22)21-12/h3-10,13,17H,11H2,1-2H3. The van der Waals surface area contributed by atoms with Gasteiger partial charge in [0.05, 0.1) is 16.5 Å². The Morgan fingerprint density at radius 3 is 2.70 bits per heavy atom. The number of esters is 1. The normalized spacial score (nSPS) is 21.9. The summed E-state index contributed by atoms with van der Waals surface area (Å²) in [4.78, 5) is 32.8. The van der Waals surface area contributed by atoms with Gasteiger partial charge in [-0.25, -0.2) is 9.79 Å². The van der Waals surface area contributed by atoms with Gasteiger partial charge >= 0.3 is 5.97 Å². The summed E-state index contributed by atoms with van der Waals surface area (Å²) in [5.74, 6) is -0.465. The number of amidine groups is 1. The third kappa shape index (κ3) is 3.33. The molecule has 1 saturated heterocycles. The fourth-order valence-electron chi connectivity index (χ4n) is 3.18. The van der Waals surface area contributed by atoms with Crippen molar-refractivity contribution in [3.05, 3.63) is 69.6 Å². The molecule has 2 aliphatic rings. The number of thioether (sulfide) groups is 1. The molecule has 138 valence electrons. The summed E-state index contributed by atoms with van der Waals surface area (Å²) in [5, 5.41) is 2.39. The molecule has 2 unspecified atom stereocenters. The first-order chi connectivity index (χ1) is 13.1. The maximum atomic E-state index is 13.0. The van der Waals surface area contributed by atoms with Gasteiger partial charge in [-0.15, -0.1) is 11.3 Å². The first-order valence-corrected chi connectivity index (χ1v) is 10.4. The predicted octanol–water partition coefficient (Wildman–Crippen LogP) is 4.14. The number of hydrogen-bond donors (Lipinski definition) is 0. The molecule has 2 aromatic rings. The molecule has 0 aliphatic carbocycles. The van der Waals surface area contributed by atoms with Crippen molar-refractivity contribution in [3.8, 4) is 0 Å². The number of amides is 1. The van der Waals surface area contributed by atoms with Crippen LogP contribution in [0.3, 0.4) is 0 Å². The minimum absolute atomic E-state index is 0.0296. The number of rotatable bonds is 4. The van der Waals surface area contributed by atoms with Gasteiger partial charge in [-0.05, 0) is 30.9 Å². The summed E-state index contributed by atoms with van der Waals surface area (Å²) in [6, 6.07) is 12.9. The monoisotopic (exact) mass is 398 g/mol. The number of aliphatic imine (C=N–C) groups is 1. The fraction of sp³-hybridized carbons (Fsp3) is 0.250. The van der Waals surface area contributed by atoms with E-state index in [1.54, 1.807) is 11.8 Å². The molecule has 1 aromatic carbocycles. The number of carbonyl (C=O) groups is 2. The summed E-state index contributed by atoms with van der Waals surface area (Å²) in [6.45, 7) is 3.85. The Morgan fingerprint density at radius 1 is 1.22 bits per heavy atom. The number of carbonyl (C=O) groups excluding carboxylic acids is 2. The second-order valence-corrected chi connectivity index (χ2v) is 8.63. The Morgan fingerprint density at radius 2 is 2.00 bits per heavy atom. The van der Waals surface area contributed by atoms with Crippen LogP contribution < -0.4 is 0 Å². The summed E-state index contributed by atoms with van der Waals surface area (Å²) < 4.78 is 5.57. The number of ether oxygens (including phenoxy) is 1. The van der Waals surface area contributed by atoms with Crippen LogP contribution in [0.5, 0.6) is 0 Å². The Balaban J connectivity index is 1.67. The second-order valence-electron chi connectivity index (χ2n) is 6.34. The summed E-state index contributed by atoms with van der Waals surface area (Å²) in [5.41, 5.74) is 1.95. The molecule has 0 spiro atoms. The molecule has 2 aliphatic heterocycles. The van der Waals surface area contributed by atoms with Gasteiger partial charge in [0.1, 0.15) is 12.6 Å². The first-order valence-electron chi connectivity index (χ1n) is 8.60. The highest BCUT2D eigenvalue weighted by molar-refractivity contribution is 8.15. The zero-order valence-corrected chi connectivity index (χ0v) is 16.5. The molecule has 0 radical (unpaired) electrons. The van der Waals surface area contributed by atoms with Gasteiger partial charge in [0, 0.05) is 4.88 Å². The largest absolute Gasteiger partial charge is 0.457 e. The van der Waals surface area contributed by atoms with Gasteiger partial charge in [0.25, 0.3) is 0 Å². The zero-order chi connectivity index (χ0) is 19.0. The lowest BCUT2D eigenvalue weighted by Crippen LogP contribution is -2.40. The molecule has 5 nitrogen and oxygen atoms in total. The number of fused-ring (bicyclic) bond motifs is 1. The van der Waals surface area contributed by atoms with Crippen molar-refractivity contribution in [3.63, 3.8) is 0 Å². The first kappa shape index (κ1) is 18.0. The lowest BCUT2D eigenvalue weighted by Gasteiger charge is -2.32. The van der Waals surface area contributed by atoms with Crippen LogP contribution in [-0.2, 0) is 20.9 Å². The molecule has 7 heteroatoms. The van der Waals surface area contributed by atoms with E-state index < -0.39 is 12.0 Å². The van der Waals surface area contributed by atoms with Crippen LogP contribution in [-0.4, -0.2) is 27.2 Å². The number of hydrogen-bond acceptors (Lipinski definition) is 6. The molecule has 1 aromatic heterocycles. The molecular weight excluding hydrogens is 380 g/mol. The van der Waals surface area contributed by atoms with Crippen molar-refractivity contribution >= 4 is 40.1 Å². The van der Waals surface area contributed by atoms with E-state index in [4.69, 9.17) is 4.74 Å². The van der Waals surface area contributed by atoms with Crippen molar-refractivity contribution in [1.29, 1.82) is 0 Å². The lowest BCUT2D eigenvalue weighted by atomic mass is 10.00. The van der Waals surface area contributed by atoms with E-state index in [1.807, 2.05) is 54.8 Å². The van der Waals surface area contributed by atoms with Crippen molar-refractivity contribution in [2.45, 2.75) is 31.7 Å². The maximum absolute atomic E-state index is 13.0. The van der Waals surface area contributed by atoms with Crippen molar-refractivity contribution in [1.82, 2.24) is 4.90 Å². The molecular formula is C20H18N2O3S2. The Labute approximate surface area is 165 Å². The van der Waals surface area contributed by atoms with Crippen LogP contribution in [0.15, 0.2) is 64.1 Å². The summed E-state index contributed by atoms with van der Waals surface area (Å²) >= 11 is 2.95. The zero-order valence-electron chi connectivity index (χ0n) is 14.9. The highest BCUT2D eigenvalue weighted by Gasteiger charge is 2.46. The van der Waals surface area contributed by atoms with Crippen LogP contribution >= 0.6 is 23.1 Å².